The zero-order valence-electron chi connectivity index (χ0n) is 16.3. The van der Waals surface area contributed by atoms with Crippen molar-refractivity contribution in [1.82, 2.24) is 4.90 Å². The van der Waals surface area contributed by atoms with Crippen LogP contribution >= 0.6 is 0 Å². The minimum Gasteiger partial charge on any atom is -0.504 e. The number of carbonyl (C=O) groups excluding carboxylic acids is 1. The number of carbonyl (C=O) groups is 2. The summed E-state index contributed by atoms with van der Waals surface area (Å²) in [5, 5.41) is 19.2. The molecule has 29 heavy (non-hydrogen) atoms. The van der Waals surface area contributed by atoms with Gasteiger partial charge in [-0.1, -0.05) is 12.1 Å². The standard InChI is InChI=1S/C22H25NO6/c1-23-10-9-22-13-6-8-16(28-18(27)4-2-3-17(25)26)21(22)29-20-15(24)7-5-12(19(20)22)11-14(13)23/h5-8,13-14,16,21,24H,2-4,9-11H2,1H3,(H,25,26)/t13-,14+,16-,21-,22-/m0/s1. The highest BCUT2D eigenvalue weighted by atomic mass is 16.6. The first-order chi connectivity index (χ1) is 13.9. The fourth-order valence-electron chi connectivity index (χ4n) is 5.92. The Balaban J connectivity index is 1.48. The SMILES string of the molecule is CN1CC[C@]23c4c5ccc(O)c4O[C@H]2[C@@H](OC(=O)CCCC(=O)O)C=C[C@H]3[C@H]1C5. The summed E-state index contributed by atoms with van der Waals surface area (Å²) in [5.41, 5.74) is 1.99. The highest BCUT2D eigenvalue weighted by Crippen LogP contribution is 2.62. The van der Waals surface area contributed by atoms with Gasteiger partial charge in [-0.05, 0) is 50.6 Å². The van der Waals surface area contributed by atoms with E-state index in [0.717, 1.165) is 24.9 Å². The third-order valence-corrected chi connectivity index (χ3v) is 7.17. The number of nitrogens with zero attached hydrogens (tertiary/aromatic N) is 1. The zero-order chi connectivity index (χ0) is 20.3. The van der Waals surface area contributed by atoms with Gasteiger partial charge >= 0.3 is 11.9 Å². The summed E-state index contributed by atoms with van der Waals surface area (Å²) in [5.74, 6) is -0.427. The molecule has 1 aromatic rings. The van der Waals surface area contributed by atoms with Crippen LogP contribution in [0.3, 0.4) is 0 Å². The van der Waals surface area contributed by atoms with Gasteiger partial charge in [0, 0.05) is 35.8 Å². The van der Waals surface area contributed by atoms with Gasteiger partial charge in [0.05, 0.1) is 0 Å². The van der Waals surface area contributed by atoms with E-state index in [-0.39, 0.29) is 42.4 Å². The van der Waals surface area contributed by atoms with E-state index in [0.29, 0.717) is 11.8 Å². The molecule has 0 radical (unpaired) electrons. The Morgan fingerprint density at radius 3 is 2.93 bits per heavy atom. The molecule has 5 atom stereocenters. The van der Waals surface area contributed by atoms with Gasteiger partial charge in [-0.25, -0.2) is 0 Å². The molecule has 7 nitrogen and oxygen atoms in total. The highest BCUT2D eigenvalue weighted by Gasteiger charge is 2.65. The Bertz CT molecular complexity index is 911. The van der Waals surface area contributed by atoms with Crippen molar-refractivity contribution >= 4 is 11.9 Å². The first kappa shape index (κ1) is 18.5. The number of aromatic hydroxyl groups is 1. The molecule has 1 aromatic carbocycles. The van der Waals surface area contributed by atoms with E-state index < -0.39 is 18.0 Å². The van der Waals surface area contributed by atoms with Crippen molar-refractivity contribution in [2.75, 3.05) is 13.6 Å². The van der Waals surface area contributed by atoms with E-state index in [9.17, 15) is 14.7 Å². The van der Waals surface area contributed by atoms with Crippen LogP contribution in [0.25, 0.3) is 0 Å². The predicted molar refractivity (Wildman–Crippen MR) is 103 cm³/mol. The average Bonchev–Trinajstić information content (AvgIpc) is 3.03. The van der Waals surface area contributed by atoms with Gasteiger partial charge < -0.3 is 24.6 Å². The lowest BCUT2D eigenvalue weighted by atomic mass is 9.53. The second kappa shape index (κ2) is 6.49. The number of rotatable bonds is 5. The topological polar surface area (TPSA) is 96.3 Å². The van der Waals surface area contributed by atoms with E-state index in [1.807, 2.05) is 12.1 Å². The normalized spacial score (nSPS) is 33.7. The van der Waals surface area contributed by atoms with Crippen molar-refractivity contribution < 1.29 is 29.3 Å². The van der Waals surface area contributed by atoms with Crippen LogP contribution in [0.5, 0.6) is 11.5 Å². The van der Waals surface area contributed by atoms with Crippen molar-refractivity contribution in [3.8, 4) is 11.5 Å². The molecule has 154 valence electrons. The van der Waals surface area contributed by atoms with Crippen LogP contribution in [0.2, 0.25) is 0 Å². The number of benzene rings is 1. The summed E-state index contributed by atoms with van der Waals surface area (Å²) in [6, 6.07) is 4.04. The maximum atomic E-state index is 12.3. The van der Waals surface area contributed by atoms with E-state index in [1.165, 1.54) is 5.56 Å². The number of phenolic OH excluding ortho intramolecular Hbond substituents is 1. The number of hydrogen-bond acceptors (Lipinski definition) is 6. The Morgan fingerprint density at radius 2 is 2.14 bits per heavy atom. The first-order valence-corrected chi connectivity index (χ1v) is 10.2. The Morgan fingerprint density at radius 1 is 1.31 bits per heavy atom. The second-order valence-electron chi connectivity index (χ2n) is 8.64. The van der Waals surface area contributed by atoms with E-state index in [4.69, 9.17) is 14.6 Å². The number of likely N-dealkylation sites (N-methyl/N-ethyl adjacent to an activating group) is 1. The van der Waals surface area contributed by atoms with Crippen LogP contribution in [0.1, 0.15) is 36.8 Å². The number of likely N-dealkylation sites (tertiary alicyclic amines) is 1. The lowest BCUT2D eigenvalue weighted by Gasteiger charge is -2.56. The molecule has 0 unspecified atom stereocenters. The molecule has 2 N–H and O–H groups in total. The van der Waals surface area contributed by atoms with Gasteiger partial charge in [0.2, 0.25) is 0 Å². The second-order valence-corrected chi connectivity index (χ2v) is 8.64. The molecule has 4 aliphatic rings. The third-order valence-electron chi connectivity index (χ3n) is 7.17. The maximum absolute atomic E-state index is 12.3. The molecule has 0 aromatic heterocycles. The minimum absolute atomic E-state index is 0.0573. The van der Waals surface area contributed by atoms with Crippen LogP contribution in [-0.2, 0) is 26.2 Å². The number of esters is 1. The van der Waals surface area contributed by atoms with Gasteiger partial charge in [0.15, 0.2) is 17.6 Å². The number of carboxylic acids is 1. The number of hydrogen-bond donors (Lipinski definition) is 2. The fraction of sp³-hybridized carbons (Fsp3) is 0.545. The van der Waals surface area contributed by atoms with E-state index >= 15 is 0 Å². The minimum atomic E-state index is -0.922. The molecule has 0 saturated carbocycles. The lowest BCUT2D eigenvalue weighted by Crippen LogP contribution is -2.65. The number of phenols is 1. The lowest BCUT2D eigenvalue weighted by molar-refractivity contribution is -0.155. The van der Waals surface area contributed by atoms with Crippen LogP contribution in [0, 0.1) is 5.92 Å². The van der Waals surface area contributed by atoms with Gasteiger partial charge in [-0.3, -0.25) is 9.59 Å². The van der Waals surface area contributed by atoms with Crippen LogP contribution in [-0.4, -0.2) is 58.9 Å². The Labute approximate surface area is 168 Å². The Hall–Kier alpha value is -2.54. The summed E-state index contributed by atoms with van der Waals surface area (Å²) in [6.45, 7) is 0.919. The molecule has 1 spiro atoms. The van der Waals surface area contributed by atoms with Crippen molar-refractivity contribution in [2.24, 2.45) is 5.92 Å². The molecule has 1 fully saturated rings. The van der Waals surface area contributed by atoms with Gasteiger partial charge in [0.1, 0.15) is 6.10 Å². The number of carboxylic acid groups (broad SMARTS) is 1. The Kier molecular flexibility index (Phi) is 4.13. The van der Waals surface area contributed by atoms with Crippen molar-refractivity contribution in [1.29, 1.82) is 0 Å². The molecule has 5 rings (SSSR count). The maximum Gasteiger partial charge on any atom is 0.306 e. The predicted octanol–water partition coefficient (Wildman–Crippen LogP) is 2.00. The van der Waals surface area contributed by atoms with Gasteiger partial charge in [-0.15, -0.1) is 0 Å². The summed E-state index contributed by atoms with van der Waals surface area (Å²) in [4.78, 5) is 25.4. The molecule has 2 aliphatic heterocycles. The van der Waals surface area contributed by atoms with Gasteiger partial charge in [0.25, 0.3) is 0 Å². The van der Waals surface area contributed by atoms with E-state index in [1.54, 1.807) is 6.07 Å². The third kappa shape index (κ3) is 2.60. The summed E-state index contributed by atoms with van der Waals surface area (Å²) in [7, 11) is 2.15. The van der Waals surface area contributed by atoms with Crippen LogP contribution in [0.15, 0.2) is 24.3 Å². The van der Waals surface area contributed by atoms with Crippen LogP contribution in [0.4, 0.5) is 0 Å². The van der Waals surface area contributed by atoms with Crippen molar-refractivity contribution in [3.05, 3.63) is 35.4 Å². The zero-order valence-corrected chi connectivity index (χ0v) is 16.3. The summed E-state index contributed by atoms with van der Waals surface area (Å²) >= 11 is 0. The smallest absolute Gasteiger partial charge is 0.306 e. The highest BCUT2D eigenvalue weighted by molar-refractivity contribution is 5.72. The molecular formula is C22H25NO6. The summed E-state index contributed by atoms with van der Waals surface area (Å²) in [6.07, 6.45) is 5.20. The molecule has 1 saturated heterocycles. The molecule has 2 bridgehead atoms. The number of aliphatic carboxylic acids is 1. The average molecular weight is 399 g/mol. The van der Waals surface area contributed by atoms with Crippen LogP contribution < -0.4 is 4.74 Å². The quantitative estimate of drug-likeness (QED) is 0.577. The van der Waals surface area contributed by atoms with Crippen molar-refractivity contribution in [2.45, 2.75) is 55.8 Å². The number of ether oxygens (including phenoxy) is 2. The number of piperidine rings is 1. The molecule has 7 heteroatoms. The van der Waals surface area contributed by atoms with E-state index in [2.05, 4.69) is 18.0 Å². The largest absolute Gasteiger partial charge is 0.504 e. The monoisotopic (exact) mass is 399 g/mol. The van der Waals surface area contributed by atoms with Crippen molar-refractivity contribution in [3.63, 3.8) is 0 Å². The molecule has 2 heterocycles. The first-order valence-electron chi connectivity index (χ1n) is 10.2. The molecule has 2 aliphatic carbocycles. The molecule has 0 amide bonds. The van der Waals surface area contributed by atoms with Gasteiger partial charge in [-0.2, -0.15) is 0 Å². The molecular weight excluding hydrogens is 374 g/mol. The summed E-state index contributed by atoms with van der Waals surface area (Å²) < 4.78 is 12.1. The fourth-order valence-corrected chi connectivity index (χ4v) is 5.92.